The number of rotatable bonds is 4. The van der Waals surface area contributed by atoms with Crippen LogP contribution in [-0.4, -0.2) is 12.5 Å². The monoisotopic (exact) mass is 308 g/mol. The summed E-state index contributed by atoms with van der Waals surface area (Å²) in [7, 11) is 0. The maximum absolute atomic E-state index is 13.2. The van der Waals surface area contributed by atoms with Crippen LogP contribution in [0.3, 0.4) is 0 Å². The Morgan fingerprint density at radius 2 is 2.14 bits per heavy atom. The van der Waals surface area contributed by atoms with Gasteiger partial charge in [-0.15, -0.1) is 0 Å². The van der Waals surface area contributed by atoms with Crippen molar-refractivity contribution >= 4 is 28.9 Å². The van der Waals surface area contributed by atoms with E-state index in [0.29, 0.717) is 11.4 Å². The summed E-state index contributed by atoms with van der Waals surface area (Å²) in [6.07, 6.45) is 0. The number of carbonyl (C=O) groups is 1. The average Bonchev–Trinajstić information content (AvgIpc) is 2.44. The van der Waals surface area contributed by atoms with E-state index in [4.69, 9.17) is 22.1 Å². The molecule has 0 aromatic heterocycles. The van der Waals surface area contributed by atoms with Crippen molar-refractivity contribution in [3.8, 4) is 5.75 Å². The second-order valence-corrected chi connectivity index (χ2v) is 4.86. The van der Waals surface area contributed by atoms with E-state index < -0.39 is 5.82 Å². The predicted molar refractivity (Wildman–Crippen MR) is 81.1 cm³/mol. The van der Waals surface area contributed by atoms with Gasteiger partial charge in [0.1, 0.15) is 11.6 Å². The fraction of sp³-hybridized carbons (Fsp3) is 0.133. The van der Waals surface area contributed by atoms with Gasteiger partial charge in [-0.25, -0.2) is 4.39 Å². The lowest BCUT2D eigenvalue weighted by Crippen LogP contribution is -2.21. The van der Waals surface area contributed by atoms with Gasteiger partial charge >= 0.3 is 0 Å². The summed E-state index contributed by atoms with van der Waals surface area (Å²) in [5.41, 5.74) is 7.66. The topological polar surface area (TPSA) is 64.3 Å². The van der Waals surface area contributed by atoms with E-state index in [2.05, 4.69) is 5.32 Å². The van der Waals surface area contributed by atoms with Crippen LogP contribution in [0.15, 0.2) is 36.4 Å². The third-order valence-corrected chi connectivity index (χ3v) is 3.14. The summed E-state index contributed by atoms with van der Waals surface area (Å²) in [4.78, 5) is 11.8. The Labute approximate surface area is 126 Å². The third kappa shape index (κ3) is 3.86. The largest absolute Gasteiger partial charge is 0.484 e. The van der Waals surface area contributed by atoms with Gasteiger partial charge in [0, 0.05) is 6.07 Å². The first-order chi connectivity index (χ1) is 9.97. The summed E-state index contributed by atoms with van der Waals surface area (Å²) in [6, 6.07) is 9.30. The number of anilines is 2. The number of ether oxygens (including phenoxy) is 1. The number of amides is 1. The van der Waals surface area contributed by atoms with E-state index >= 15 is 0 Å². The molecule has 3 N–H and O–H groups in total. The highest BCUT2D eigenvalue weighted by molar-refractivity contribution is 6.30. The van der Waals surface area contributed by atoms with Crippen molar-refractivity contribution in [1.29, 1.82) is 0 Å². The quantitative estimate of drug-likeness (QED) is 0.851. The number of halogens is 2. The lowest BCUT2D eigenvalue weighted by atomic mass is 10.1. The summed E-state index contributed by atoms with van der Waals surface area (Å²) in [6.45, 7) is 1.58. The Morgan fingerprint density at radius 3 is 2.81 bits per heavy atom. The molecule has 0 saturated heterocycles. The molecule has 0 atom stereocenters. The van der Waals surface area contributed by atoms with Crippen molar-refractivity contribution in [3.05, 3.63) is 52.8 Å². The molecule has 0 radical (unpaired) electrons. The lowest BCUT2D eigenvalue weighted by Gasteiger charge is -2.12. The van der Waals surface area contributed by atoms with Crippen molar-refractivity contribution in [2.24, 2.45) is 0 Å². The SMILES string of the molecule is Cc1cccc(N)c1NC(=O)COc1ccc(Cl)c(F)c1. The van der Waals surface area contributed by atoms with Gasteiger partial charge in [-0.05, 0) is 30.7 Å². The van der Waals surface area contributed by atoms with Crippen LogP contribution < -0.4 is 15.8 Å². The minimum absolute atomic E-state index is 0.000476. The minimum atomic E-state index is -0.599. The molecule has 0 fully saturated rings. The Morgan fingerprint density at radius 1 is 1.38 bits per heavy atom. The lowest BCUT2D eigenvalue weighted by molar-refractivity contribution is -0.118. The van der Waals surface area contributed by atoms with Crippen molar-refractivity contribution < 1.29 is 13.9 Å². The third-order valence-electron chi connectivity index (χ3n) is 2.83. The molecular formula is C15H14ClFN2O2. The molecule has 6 heteroatoms. The van der Waals surface area contributed by atoms with Crippen molar-refractivity contribution in [1.82, 2.24) is 0 Å². The van der Waals surface area contributed by atoms with Crippen LogP contribution in [0, 0.1) is 12.7 Å². The number of carbonyl (C=O) groups excluding carboxylic acids is 1. The number of nitrogens with two attached hydrogens (primary N) is 1. The minimum Gasteiger partial charge on any atom is -0.484 e. The smallest absolute Gasteiger partial charge is 0.262 e. The van der Waals surface area contributed by atoms with Gasteiger partial charge in [-0.3, -0.25) is 4.79 Å². The van der Waals surface area contributed by atoms with Gasteiger partial charge in [-0.1, -0.05) is 23.7 Å². The number of hydrogen-bond acceptors (Lipinski definition) is 3. The van der Waals surface area contributed by atoms with Gasteiger partial charge in [0.15, 0.2) is 6.61 Å². The summed E-state index contributed by atoms with van der Waals surface area (Å²) < 4.78 is 18.4. The molecule has 21 heavy (non-hydrogen) atoms. The number of benzene rings is 2. The molecular weight excluding hydrogens is 295 g/mol. The highest BCUT2D eigenvalue weighted by atomic mass is 35.5. The predicted octanol–water partition coefficient (Wildman–Crippen LogP) is 3.39. The van der Waals surface area contributed by atoms with E-state index in [1.165, 1.54) is 12.1 Å². The first kappa shape index (κ1) is 15.1. The van der Waals surface area contributed by atoms with Gasteiger partial charge in [0.25, 0.3) is 5.91 Å². The van der Waals surface area contributed by atoms with E-state index in [1.807, 2.05) is 13.0 Å². The van der Waals surface area contributed by atoms with Gasteiger partial charge in [-0.2, -0.15) is 0 Å². The maximum Gasteiger partial charge on any atom is 0.262 e. The summed E-state index contributed by atoms with van der Waals surface area (Å²) in [5.74, 6) is -0.756. The zero-order valence-corrected chi connectivity index (χ0v) is 12.1. The van der Waals surface area contributed by atoms with Crippen molar-refractivity contribution in [2.75, 3.05) is 17.7 Å². The van der Waals surface area contributed by atoms with Crippen LogP contribution in [0.5, 0.6) is 5.75 Å². The molecule has 2 rings (SSSR count). The van der Waals surface area contributed by atoms with E-state index in [-0.39, 0.29) is 23.3 Å². The molecule has 0 aliphatic carbocycles. The van der Waals surface area contributed by atoms with Gasteiger partial charge in [0.05, 0.1) is 16.4 Å². The van der Waals surface area contributed by atoms with Crippen LogP contribution >= 0.6 is 11.6 Å². The fourth-order valence-corrected chi connectivity index (χ4v) is 1.87. The zero-order valence-electron chi connectivity index (χ0n) is 11.3. The number of nitrogens with one attached hydrogen (secondary N) is 1. The van der Waals surface area contributed by atoms with Crippen LogP contribution in [0.1, 0.15) is 5.56 Å². The molecule has 4 nitrogen and oxygen atoms in total. The molecule has 2 aromatic rings. The van der Waals surface area contributed by atoms with E-state index in [0.717, 1.165) is 11.6 Å². The Balaban J connectivity index is 1.97. The molecule has 1 amide bonds. The molecule has 0 aliphatic heterocycles. The number of nitrogen functional groups attached to an aromatic ring is 1. The Hall–Kier alpha value is -2.27. The standard InChI is InChI=1S/C15H14ClFN2O2/c1-9-3-2-4-13(18)15(9)19-14(20)8-21-10-5-6-11(16)12(17)7-10/h2-7H,8,18H2,1H3,(H,19,20). The highest BCUT2D eigenvalue weighted by Gasteiger charge is 2.09. The normalized spacial score (nSPS) is 10.2. The average molecular weight is 309 g/mol. The number of hydrogen-bond donors (Lipinski definition) is 2. The Kier molecular flexibility index (Phi) is 4.65. The van der Waals surface area contributed by atoms with Crippen LogP contribution in [-0.2, 0) is 4.79 Å². The second-order valence-electron chi connectivity index (χ2n) is 4.45. The zero-order chi connectivity index (χ0) is 15.4. The molecule has 0 unspecified atom stereocenters. The van der Waals surface area contributed by atoms with Crippen LogP contribution in [0.4, 0.5) is 15.8 Å². The molecule has 0 heterocycles. The van der Waals surface area contributed by atoms with Crippen LogP contribution in [0.25, 0.3) is 0 Å². The molecule has 0 saturated carbocycles. The summed E-state index contributed by atoms with van der Waals surface area (Å²) in [5, 5.41) is 2.67. The molecule has 0 aliphatic rings. The van der Waals surface area contributed by atoms with Gasteiger partial charge < -0.3 is 15.8 Å². The number of para-hydroxylation sites is 1. The van der Waals surface area contributed by atoms with E-state index in [1.54, 1.807) is 12.1 Å². The van der Waals surface area contributed by atoms with Crippen molar-refractivity contribution in [3.63, 3.8) is 0 Å². The molecule has 110 valence electrons. The number of aryl methyl sites for hydroxylation is 1. The molecule has 0 spiro atoms. The second kappa shape index (κ2) is 6.45. The first-order valence-corrected chi connectivity index (χ1v) is 6.58. The van der Waals surface area contributed by atoms with E-state index in [9.17, 15) is 9.18 Å². The van der Waals surface area contributed by atoms with Crippen LogP contribution in [0.2, 0.25) is 5.02 Å². The fourth-order valence-electron chi connectivity index (χ4n) is 1.75. The molecule has 0 bridgehead atoms. The summed E-state index contributed by atoms with van der Waals surface area (Å²) >= 11 is 5.56. The Bertz CT molecular complexity index is 656. The maximum atomic E-state index is 13.2. The van der Waals surface area contributed by atoms with Crippen molar-refractivity contribution in [2.45, 2.75) is 6.92 Å². The highest BCUT2D eigenvalue weighted by Crippen LogP contribution is 2.23. The molecule has 2 aromatic carbocycles. The first-order valence-electron chi connectivity index (χ1n) is 6.20. The van der Waals surface area contributed by atoms with Gasteiger partial charge in [0.2, 0.25) is 0 Å².